The van der Waals surface area contributed by atoms with Crippen LogP contribution in [0, 0.1) is 0 Å². The fraction of sp³-hybridized carbons (Fsp3) is 0.312. The molecule has 1 aliphatic rings. The monoisotopic (exact) mass is 344 g/mol. The lowest BCUT2D eigenvalue weighted by Gasteiger charge is -2.20. The molecule has 1 amide bonds. The number of carbonyl (C=O) groups excluding carboxylic acids is 1. The van der Waals surface area contributed by atoms with Gasteiger partial charge in [0.1, 0.15) is 15.5 Å². The molecular weight excluding hydrogens is 328 g/mol. The van der Waals surface area contributed by atoms with E-state index in [4.69, 9.17) is 4.98 Å². The van der Waals surface area contributed by atoms with Gasteiger partial charge in [-0.15, -0.1) is 22.7 Å². The molecule has 7 heteroatoms. The van der Waals surface area contributed by atoms with Gasteiger partial charge in [0.2, 0.25) is 5.91 Å². The van der Waals surface area contributed by atoms with Crippen LogP contribution in [-0.2, 0) is 17.8 Å². The highest BCUT2D eigenvalue weighted by Crippen LogP contribution is 2.45. The van der Waals surface area contributed by atoms with Crippen LogP contribution in [0.3, 0.4) is 0 Å². The molecule has 0 saturated carbocycles. The average Bonchev–Trinajstić information content (AvgIpc) is 3.06. The molecular formula is C16H16N4OS2. The van der Waals surface area contributed by atoms with E-state index in [1.807, 2.05) is 6.07 Å². The summed E-state index contributed by atoms with van der Waals surface area (Å²) in [6.45, 7) is 4.58. The SMILES string of the molecule is CC(=O)Nc1sc2c(c1-c1nc3cnccc3s1)C[C@H](C)NC2. The maximum Gasteiger partial charge on any atom is 0.221 e. The number of hydrogen-bond acceptors (Lipinski definition) is 6. The highest BCUT2D eigenvalue weighted by Gasteiger charge is 2.26. The Balaban J connectivity index is 1.91. The molecule has 0 unspecified atom stereocenters. The Hall–Kier alpha value is -1.83. The molecule has 4 heterocycles. The summed E-state index contributed by atoms with van der Waals surface area (Å²) in [6.07, 6.45) is 4.53. The number of nitrogens with one attached hydrogen (secondary N) is 2. The van der Waals surface area contributed by atoms with Crippen LogP contribution in [0.1, 0.15) is 24.3 Å². The third kappa shape index (κ3) is 2.65. The maximum atomic E-state index is 11.6. The van der Waals surface area contributed by atoms with Crippen molar-refractivity contribution in [2.45, 2.75) is 32.9 Å². The van der Waals surface area contributed by atoms with Crippen molar-refractivity contribution in [3.8, 4) is 10.6 Å². The third-order valence-corrected chi connectivity index (χ3v) is 6.11. The summed E-state index contributed by atoms with van der Waals surface area (Å²) in [5, 5.41) is 8.34. The number of nitrogens with zero attached hydrogens (tertiary/aromatic N) is 2. The normalized spacial score (nSPS) is 17.2. The van der Waals surface area contributed by atoms with E-state index in [-0.39, 0.29) is 5.91 Å². The number of rotatable bonds is 2. The van der Waals surface area contributed by atoms with E-state index >= 15 is 0 Å². The van der Waals surface area contributed by atoms with E-state index in [0.29, 0.717) is 6.04 Å². The predicted molar refractivity (Wildman–Crippen MR) is 95.0 cm³/mol. The van der Waals surface area contributed by atoms with E-state index in [0.717, 1.165) is 38.8 Å². The molecule has 3 aromatic heterocycles. The van der Waals surface area contributed by atoms with Crippen LogP contribution in [0.5, 0.6) is 0 Å². The van der Waals surface area contributed by atoms with Crippen molar-refractivity contribution >= 4 is 43.8 Å². The number of fused-ring (bicyclic) bond motifs is 2. The minimum absolute atomic E-state index is 0.0476. The van der Waals surface area contributed by atoms with Crippen molar-refractivity contribution in [1.82, 2.24) is 15.3 Å². The zero-order valence-corrected chi connectivity index (χ0v) is 14.5. The Bertz CT molecular complexity index is 866. The van der Waals surface area contributed by atoms with Crippen molar-refractivity contribution in [2.24, 2.45) is 0 Å². The lowest BCUT2D eigenvalue weighted by Crippen LogP contribution is -2.31. The van der Waals surface area contributed by atoms with Gasteiger partial charge in [0, 0.05) is 36.1 Å². The number of amides is 1. The highest BCUT2D eigenvalue weighted by molar-refractivity contribution is 7.22. The molecule has 2 N–H and O–H groups in total. The molecule has 1 atom stereocenters. The van der Waals surface area contributed by atoms with E-state index in [2.05, 4.69) is 22.5 Å². The number of thiophene rings is 1. The average molecular weight is 344 g/mol. The van der Waals surface area contributed by atoms with E-state index in [1.165, 1.54) is 10.4 Å². The minimum Gasteiger partial charge on any atom is -0.317 e. The fourth-order valence-electron chi connectivity index (χ4n) is 2.88. The van der Waals surface area contributed by atoms with Gasteiger partial charge in [-0.2, -0.15) is 0 Å². The Labute approximate surface area is 141 Å². The fourth-order valence-corrected chi connectivity index (χ4v) is 5.18. The second-order valence-corrected chi connectivity index (χ2v) is 7.87. The molecule has 5 nitrogen and oxygen atoms in total. The quantitative estimate of drug-likeness (QED) is 0.747. The number of hydrogen-bond donors (Lipinski definition) is 2. The Morgan fingerprint density at radius 3 is 3.09 bits per heavy atom. The standard InChI is InChI=1S/C16H16N4OS2/c1-8-5-10-13(7-18-8)23-15(19-9(2)21)14(10)16-20-11-6-17-4-3-12(11)22-16/h3-4,6,8,18H,5,7H2,1-2H3,(H,19,21)/t8-/m0/s1. The first-order chi connectivity index (χ1) is 11.1. The number of thiazole rings is 1. The van der Waals surface area contributed by atoms with Crippen LogP contribution in [0.4, 0.5) is 5.00 Å². The summed E-state index contributed by atoms with van der Waals surface area (Å²) in [6, 6.07) is 2.41. The van der Waals surface area contributed by atoms with Gasteiger partial charge in [-0.1, -0.05) is 0 Å². The largest absolute Gasteiger partial charge is 0.317 e. The number of anilines is 1. The predicted octanol–water partition coefficient (Wildman–Crippen LogP) is 3.41. The van der Waals surface area contributed by atoms with Gasteiger partial charge in [-0.3, -0.25) is 9.78 Å². The molecule has 0 spiro atoms. The van der Waals surface area contributed by atoms with Crippen molar-refractivity contribution in [1.29, 1.82) is 0 Å². The highest BCUT2D eigenvalue weighted by atomic mass is 32.1. The number of aromatic nitrogens is 2. The van der Waals surface area contributed by atoms with Crippen molar-refractivity contribution in [3.63, 3.8) is 0 Å². The van der Waals surface area contributed by atoms with Crippen molar-refractivity contribution < 1.29 is 4.79 Å². The number of carbonyl (C=O) groups is 1. The first kappa shape index (κ1) is 14.7. The third-order valence-electron chi connectivity index (χ3n) is 3.91. The van der Waals surface area contributed by atoms with Gasteiger partial charge in [0.25, 0.3) is 0 Å². The second kappa shape index (κ2) is 5.67. The van der Waals surface area contributed by atoms with Gasteiger partial charge < -0.3 is 10.6 Å². The molecule has 0 fully saturated rings. The first-order valence-electron chi connectivity index (χ1n) is 7.48. The molecule has 118 valence electrons. The van der Waals surface area contributed by atoms with Gasteiger partial charge >= 0.3 is 0 Å². The topological polar surface area (TPSA) is 66.9 Å². The zero-order chi connectivity index (χ0) is 16.0. The van der Waals surface area contributed by atoms with Crippen LogP contribution in [0.2, 0.25) is 0 Å². The maximum absolute atomic E-state index is 11.6. The Morgan fingerprint density at radius 2 is 2.30 bits per heavy atom. The van der Waals surface area contributed by atoms with Crippen LogP contribution in [-0.4, -0.2) is 21.9 Å². The van der Waals surface area contributed by atoms with Crippen LogP contribution < -0.4 is 10.6 Å². The van der Waals surface area contributed by atoms with Gasteiger partial charge in [0.15, 0.2) is 0 Å². The van der Waals surface area contributed by atoms with Gasteiger partial charge in [-0.05, 0) is 25.0 Å². The van der Waals surface area contributed by atoms with Crippen molar-refractivity contribution in [3.05, 3.63) is 28.9 Å². The van der Waals surface area contributed by atoms with Gasteiger partial charge in [-0.25, -0.2) is 4.98 Å². The molecule has 23 heavy (non-hydrogen) atoms. The summed E-state index contributed by atoms with van der Waals surface area (Å²) in [7, 11) is 0. The molecule has 0 radical (unpaired) electrons. The molecule has 3 aromatic rings. The smallest absolute Gasteiger partial charge is 0.221 e. The van der Waals surface area contributed by atoms with Crippen LogP contribution >= 0.6 is 22.7 Å². The lowest BCUT2D eigenvalue weighted by molar-refractivity contribution is -0.114. The summed E-state index contributed by atoms with van der Waals surface area (Å²) in [5.74, 6) is -0.0476. The van der Waals surface area contributed by atoms with Crippen LogP contribution in [0.15, 0.2) is 18.5 Å². The van der Waals surface area contributed by atoms with Crippen molar-refractivity contribution in [2.75, 3.05) is 5.32 Å². The van der Waals surface area contributed by atoms with E-state index < -0.39 is 0 Å². The molecule has 0 aromatic carbocycles. The summed E-state index contributed by atoms with van der Waals surface area (Å²) in [4.78, 5) is 21.8. The molecule has 0 saturated heterocycles. The molecule has 1 aliphatic heterocycles. The summed E-state index contributed by atoms with van der Waals surface area (Å²) >= 11 is 3.31. The molecule has 4 rings (SSSR count). The molecule has 0 aliphatic carbocycles. The first-order valence-corrected chi connectivity index (χ1v) is 9.11. The zero-order valence-electron chi connectivity index (χ0n) is 12.8. The summed E-state index contributed by atoms with van der Waals surface area (Å²) in [5.41, 5.74) is 3.31. The number of pyridine rings is 1. The lowest BCUT2D eigenvalue weighted by atomic mass is 9.99. The second-order valence-electron chi connectivity index (χ2n) is 5.74. The Morgan fingerprint density at radius 1 is 1.43 bits per heavy atom. The van der Waals surface area contributed by atoms with Gasteiger partial charge in [0.05, 0.1) is 10.9 Å². The van der Waals surface area contributed by atoms with E-state index in [9.17, 15) is 4.79 Å². The minimum atomic E-state index is -0.0476. The van der Waals surface area contributed by atoms with Crippen LogP contribution in [0.25, 0.3) is 20.8 Å². The Kier molecular flexibility index (Phi) is 3.63. The molecule has 0 bridgehead atoms. The summed E-state index contributed by atoms with van der Waals surface area (Å²) < 4.78 is 1.12. The van der Waals surface area contributed by atoms with E-state index in [1.54, 1.807) is 42.0 Å².